The van der Waals surface area contributed by atoms with Gasteiger partial charge in [0.1, 0.15) is 0 Å². The molecular weight excluding hydrogens is 193 g/mol. The molecular formula is H5AlMgO3SiZn-. The van der Waals surface area contributed by atoms with Gasteiger partial charge in [0.25, 0.3) is 0 Å². The summed E-state index contributed by atoms with van der Waals surface area (Å²) >= 11 is 0. The van der Waals surface area contributed by atoms with Crippen LogP contribution in [0, 0.1) is 0 Å². The predicted octanol–water partition coefficient (Wildman–Crippen LogP) is -2.97. The number of rotatable bonds is 0. The van der Waals surface area contributed by atoms with Crippen molar-refractivity contribution in [3.63, 3.8) is 0 Å². The standard InChI is InChI=1S/Al.Mg.3H2O.Si.Zn/h;;3*1H2;;/p-1. The SMILES string of the molecule is O.O.[Al].[Mg].[OH-].[Si].[Zn]. The molecule has 0 aromatic heterocycles. The molecule has 9 radical (unpaired) electrons. The quantitative estimate of drug-likeness (QED) is 0.381. The molecule has 35 valence electrons. The maximum atomic E-state index is 0. The minimum Gasteiger partial charge on any atom is -0.870 e. The third-order valence-electron chi connectivity index (χ3n) is 0. The summed E-state index contributed by atoms with van der Waals surface area (Å²) in [5.41, 5.74) is 0. The van der Waals surface area contributed by atoms with Crippen LogP contribution in [-0.4, -0.2) is 67.8 Å². The Morgan fingerprint density at radius 1 is 0.857 bits per heavy atom. The average Bonchev–Trinajstić information content (AvgIpc) is 0. The first kappa shape index (κ1) is 142. The molecule has 0 amide bonds. The van der Waals surface area contributed by atoms with Crippen molar-refractivity contribution in [1.29, 1.82) is 0 Å². The zero-order valence-electron chi connectivity index (χ0n) is 3.94. The third kappa shape index (κ3) is 71.3. The molecule has 7 heavy (non-hydrogen) atoms. The van der Waals surface area contributed by atoms with Crippen LogP contribution in [0.5, 0.6) is 0 Å². The van der Waals surface area contributed by atoms with E-state index in [1.165, 1.54) is 0 Å². The van der Waals surface area contributed by atoms with Crippen LogP contribution >= 0.6 is 0 Å². The molecule has 0 aliphatic rings. The van der Waals surface area contributed by atoms with E-state index in [0.717, 1.165) is 0 Å². The van der Waals surface area contributed by atoms with E-state index in [1.807, 2.05) is 0 Å². The summed E-state index contributed by atoms with van der Waals surface area (Å²) < 4.78 is 0. The van der Waals surface area contributed by atoms with E-state index >= 15 is 0 Å². The van der Waals surface area contributed by atoms with E-state index in [-0.39, 0.29) is 87.3 Å². The molecule has 0 unspecified atom stereocenters. The minimum atomic E-state index is 0. The second kappa shape index (κ2) is 96.9. The van der Waals surface area contributed by atoms with Crippen LogP contribution < -0.4 is 0 Å². The fourth-order valence-corrected chi connectivity index (χ4v) is 0. The Labute approximate surface area is 86.6 Å². The molecule has 0 aromatic rings. The van der Waals surface area contributed by atoms with Crippen LogP contribution in [0.1, 0.15) is 0 Å². The molecule has 0 saturated carbocycles. The van der Waals surface area contributed by atoms with Crippen molar-refractivity contribution in [3.05, 3.63) is 0 Å². The van der Waals surface area contributed by atoms with E-state index in [0.29, 0.717) is 0 Å². The van der Waals surface area contributed by atoms with E-state index in [9.17, 15) is 0 Å². The summed E-state index contributed by atoms with van der Waals surface area (Å²) in [5, 5.41) is 0. The fraction of sp³-hybridized carbons (Fsp3) is 0. The molecule has 0 atom stereocenters. The maximum absolute atomic E-state index is 0. The van der Waals surface area contributed by atoms with Crippen molar-refractivity contribution in [1.82, 2.24) is 0 Å². The largest absolute Gasteiger partial charge is 0.870 e. The Morgan fingerprint density at radius 2 is 0.857 bits per heavy atom. The number of hydrogen-bond acceptors (Lipinski definition) is 1. The van der Waals surface area contributed by atoms with E-state index in [4.69, 9.17) is 0 Å². The van der Waals surface area contributed by atoms with Gasteiger partial charge in [0.05, 0.1) is 0 Å². The van der Waals surface area contributed by atoms with E-state index in [1.54, 1.807) is 0 Å². The molecule has 3 nitrogen and oxygen atoms in total. The monoisotopic (exact) mass is 196 g/mol. The van der Waals surface area contributed by atoms with E-state index < -0.39 is 0 Å². The van der Waals surface area contributed by atoms with Gasteiger partial charge in [0, 0.05) is 70.9 Å². The van der Waals surface area contributed by atoms with Gasteiger partial charge in [0.2, 0.25) is 0 Å². The van der Waals surface area contributed by atoms with E-state index in [2.05, 4.69) is 0 Å². The first-order valence-corrected chi connectivity index (χ1v) is 0. The molecule has 0 aromatic carbocycles. The van der Waals surface area contributed by atoms with Gasteiger partial charge in [-0.1, -0.05) is 0 Å². The van der Waals surface area contributed by atoms with Crippen LogP contribution in [0.3, 0.4) is 0 Å². The van der Waals surface area contributed by atoms with Crippen molar-refractivity contribution in [2.45, 2.75) is 0 Å². The van der Waals surface area contributed by atoms with Crippen LogP contribution in [0.15, 0.2) is 0 Å². The van der Waals surface area contributed by atoms with Crippen molar-refractivity contribution in [2.75, 3.05) is 0 Å². The zero-order chi connectivity index (χ0) is 0. The molecule has 5 N–H and O–H groups in total. The molecule has 0 aliphatic carbocycles. The summed E-state index contributed by atoms with van der Waals surface area (Å²) in [5.74, 6) is 0. The Morgan fingerprint density at radius 3 is 0.857 bits per heavy atom. The summed E-state index contributed by atoms with van der Waals surface area (Å²) in [4.78, 5) is 0. The Balaban J connectivity index is 0. The Bertz CT molecular complexity index is 14.9. The first-order valence-electron chi connectivity index (χ1n) is 0. The minimum absolute atomic E-state index is 0. The molecule has 0 spiro atoms. The molecule has 7 heteroatoms. The summed E-state index contributed by atoms with van der Waals surface area (Å²) in [6.45, 7) is 0. The average molecular weight is 198 g/mol. The summed E-state index contributed by atoms with van der Waals surface area (Å²) in [6.07, 6.45) is 0. The predicted molar refractivity (Wildman–Crippen MR) is 26.4 cm³/mol. The molecule has 0 bridgehead atoms. The van der Waals surface area contributed by atoms with Crippen molar-refractivity contribution >= 4 is 51.4 Å². The normalized spacial score (nSPS) is 0. The number of hydrogen-bond donors (Lipinski definition) is 0. The van der Waals surface area contributed by atoms with Crippen LogP contribution in [0.2, 0.25) is 0 Å². The van der Waals surface area contributed by atoms with Crippen molar-refractivity contribution in [3.8, 4) is 0 Å². The van der Waals surface area contributed by atoms with Gasteiger partial charge in [-0.05, 0) is 0 Å². The second-order valence-corrected chi connectivity index (χ2v) is 0. The van der Waals surface area contributed by atoms with Gasteiger partial charge in [-0.15, -0.1) is 0 Å². The van der Waals surface area contributed by atoms with Crippen LogP contribution in [-0.2, 0) is 19.5 Å². The van der Waals surface area contributed by atoms with Crippen molar-refractivity contribution in [2.24, 2.45) is 0 Å². The van der Waals surface area contributed by atoms with Crippen molar-refractivity contribution < 1.29 is 35.9 Å². The molecule has 0 aliphatic heterocycles. The van der Waals surface area contributed by atoms with Gasteiger partial charge in [0.15, 0.2) is 0 Å². The fourth-order valence-electron chi connectivity index (χ4n) is 0. The Hall–Kier alpha value is 2.02. The zero-order valence-corrected chi connectivity index (χ0v) is 10.5. The summed E-state index contributed by atoms with van der Waals surface area (Å²) in [6, 6.07) is 0. The van der Waals surface area contributed by atoms with Gasteiger partial charge in [-0.3, -0.25) is 0 Å². The molecule has 0 saturated heterocycles. The van der Waals surface area contributed by atoms with Gasteiger partial charge in [-0.2, -0.15) is 0 Å². The third-order valence-corrected chi connectivity index (χ3v) is 0. The van der Waals surface area contributed by atoms with Gasteiger partial charge >= 0.3 is 0 Å². The van der Waals surface area contributed by atoms with Crippen LogP contribution in [0.25, 0.3) is 0 Å². The first-order chi connectivity index (χ1) is 0. The molecule has 0 fully saturated rings. The topological polar surface area (TPSA) is 93.0 Å². The van der Waals surface area contributed by atoms with Gasteiger partial charge < -0.3 is 16.4 Å². The van der Waals surface area contributed by atoms with Gasteiger partial charge in [-0.25, -0.2) is 0 Å². The van der Waals surface area contributed by atoms with Crippen LogP contribution in [0.4, 0.5) is 0 Å². The Kier molecular flexibility index (Phi) is 1970. The molecule has 0 heterocycles. The summed E-state index contributed by atoms with van der Waals surface area (Å²) in [7, 11) is 0. The second-order valence-electron chi connectivity index (χ2n) is 0. The smallest absolute Gasteiger partial charge is 0 e. The molecule has 0 rings (SSSR count). The maximum Gasteiger partial charge on any atom is 0 e.